The Morgan fingerprint density at radius 2 is 2.10 bits per heavy atom. The lowest BCUT2D eigenvalue weighted by Crippen LogP contribution is -2.27. The number of hydrogen-bond acceptors (Lipinski definition) is 5. The molecule has 20 heavy (non-hydrogen) atoms. The van der Waals surface area contributed by atoms with Crippen LogP contribution in [0.4, 0.5) is 11.4 Å². The highest BCUT2D eigenvalue weighted by Gasteiger charge is 2.18. The number of fused-ring (bicyclic) bond motifs is 1. The normalized spacial score (nSPS) is 16.1. The minimum absolute atomic E-state index is 0.116. The summed E-state index contributed by atoms with van der Waals surface area (Å²) in [5.41, 5.74) is 1.17. The Hall–Kier alpha value is -2.21. The van der Waals surface area contributed by atoms with Gasteiger partial charge in [0.05, 0.1) is 10.3 Å². The van der Waals surface area contributed by atoms with Gasteiger partial charge in [0, 0.05) is 49.2 Å². The summed E-state index contributed by atoms with van der Waals surface area (Å²) in [5, 5.41) is 16.0. The van der Waals surface area contributed by atoms with E-state index in [2.05, 4.69) is 15.2 Å². The third-order valence-corrected chi connectivity index (χ3v) is 3.65. The number of nitro groups is 1. The lowest BCUT2D eigenvalue weighted by Gasteiger charge is -2.23. The predicted octanol–water partition coefficient (Wildman–Crippen LogP) is 1.94. The van der Waals surface area contributed by atoms with Crippen molar-refractivity contribution in [3.8, 4) is 0 Å². The third kappa shape index (κ3) is 2.30. The molecule has 0 radical (unpaired) electrons. The van der Waals surface area contributed by atoms with Crippen LogP contribution in [0.5, 0.6) is 0 Å². The molecule has 0 amide bonds. The molecule has 1 saturated heterocycles. The SMILES string of the molecule is O=[N+]([O-])c1ccc(N2CCCNCC2)c2ccncc12. The molecular weight excluding hydrogens is 256 g/mol. The van der Waals surface area contributed by atoms with Gasteiger partial charge in [0.2, 0.25) is 0 Å². The summed E-state index contributed by atoms with van der Waals surface area (Å²) in [4.78, 5) is 17.1. The van der Waals surface area contributed by atoms with Crippen LogP contribution in [0.1, 0.15) is 6.42 Å². The second kappa shape index (κ2) is 5.42. The van der Waals surface area contributed by atoms with Gasteiger partial charge in [-0.1, -0.05) is 0 Å². The van der Waals surface area contributed by atoms with Crippen LogP contribution < -0.4 is 10.2 Å². The highest BCUT2D eigenvalue weighted by atomic mass is 16.6. The first-order valence-corrected chi connectivity index (χ1v) is 6.74. The first-order valence-electron chi connectivity index (χ1n) is 6.74. The van der Waals surface area contributed by atoms with E-state index in [0.717, 1.165) is 43.7 Å². The molecule has 1 aromatic heterocycles. The number of anilines is 1. The highest BCUT2D eigenvalue weighted by Crippen LogP contribution is 2.33. The summed E-state index contributed by atoms with van der Waals surface area (Å²) in [7, 11) is 0. The first-order chi connectivity index (χ1) is 9.77. The molecule has 1 fully saturated rings. The first kappa shape index (κ1) is 12.8. The summed E-state index contributed by atoms with van der Waals surface area (Å²) in [6.45, 7) is 3.82. The fourth-order valence-electron chi connectivity index (χ4n) is 2.68. The highest BCUT2D eigenvalue weighted by molar-refractivity contribution is 5.99. The number of nitro benzene ring substituents is 1. The van der Waals surface area contributed by atoms with E-state index in [4.69, 9.17) is 0 Å². The van der Waals surface area contributed by atoms with Crippen LogP contribution in [0, 0.1) is 10.1 Å². The van der Waals surface area contributed by atoms with Gasteiger partial charge in [0.1, 0.15) is 0 Å². The van der Waals surface area contributed by atoms with Crippen LogP contribution in [0.3, 0.4) is 0 Å². The topological polar surface area (TPSA) is 71.3 Å². The molecule has 0 atom stereocenters. The lowest BCUT2D eigenvalue weighted by molar-refractivity contribution is -0.383. The standard InChI is InChI=1S/C14H16N4O2/c19-18(20)14-3-2-13(11-4-6-16-10-12(11)14)17-8-1-5-15-7-9-17/h2-4,6,10,15H,1,5,7-9H2. The number of hydrogen-bond donors (Lipinski definition) is 1. The molecule has 0 spiro atoms. The number of nitrogens with one attached hydrogen (secondary N) is 1. The maximum atomic E-state index is 11.1. The van der Waals surface area contributed by atoms with Gasteiger partial charge in [-0.05, 0) is 25.1 Å². The number of pyridine rings is 1. The summed E-state index contributed by atoms with van der Waals surface area (Å²) in [6, 6.07) is 5.29. The van der Waals surface area contributed by atoms with Gasteiger partial charge >= 0.3 is 0 Å². The monoisotopic (exact) mass is 272 g/mol. The van der Waals surface area contributed by atoms with Gasteiger partial charge in [-0.3, -0.25) is 15.1 Å². The van der Waals surface area contributed by atoms with Crippen molar-refractivity contribution in [1.82, 2.24) is 10.3 Å². The van der Waals surface area contributed by atoms with Crippen molar-refractivity contribution in [2.75, 3.05) is 31.1 Å². The molecule has 2 heterocycles. The third-order valence-electron chi connectivity index (χ3n) is 3.65. The van der Waals surface area contributed by atoms with E-state index in [1.807, 2.05) is 12.1 Å². The maximum absolute atomic E-state index is 11.1. The fourth-order valence-corrected chi connectivity index (χ4v) is 2.68. The molecule has 1 aliphatic rings. The van der Waals surface area contributed by atoms with Crippen LogP contribution in [0.2, 0.25) is 0 Å². The van der Waals surface area contributed by atoms with Crippen molar-refractivity contribution in [2.45, 2.75) is 6.42 Å². The number of rotatable bonds is 2. The van der Waals surface area contributed by atoms with Crippen molar-refractivity contribution in [3.63, 3.8) is 0 Å². The molecule has 1 aliphatic heterocycles. The van der Waals surface area contributed by atoms with E-state index >= 15 is 0 Å². The summed E-state index contributed by atoms with van der Waals surface area (Å²) in [6.07, 6.45) is 4.34. The van der Waals surface area contributed by atoms with Crippen molar-refractivity contribution in [2.24, 2.45) is 0 Å². The molecule has 0 saturated carbocycles. The lowest BCUT2D eigenvalue weighted by atomic mass is 10.1. The van der Waals surface area contributed by atoms with E-state index in [1.165, 1.54) is 0 Å². The molecule has 6 heteroatoms. The van der Waals surface area contributed by atoms with E-state index in [-0.39, 0.29) is 10.6 Å². The van der Waals surface area contributed by atoms with Gasteiger partial charge in [0.15, 0.2) is 0 Å². The average molecular weight is 272 g/mol. The van der Waals surface area contributed by atoms with E-state index < -0.39 is 0 Å². The molecule has 6 nitrogen and oxygen atoms in total. The molecular formula is C14H16N4O2. The molecule has 1 N–H and O–H groups in total. The van der Waals surface area contributed by atoms with Crippen LogP contribution in [0.15, 0.2) is 30.6 Å². The Balaban J connectivity index is 2.12. The van der Waals surface area contributed by atoms with E-state index in [1.54, 1.807) is 18.5 Å². The largest absolute Gasteiger partial charge is 0.370 e. The fraction of sp³-hybridized carbons (Fsp3) is 0.357. The van der Waals surface area contributed by atoms with Crippen LogP contribution >= 0.6 is 0 Å². The minimum atomic E-state index is -0.349. The van der Waals surface area contributed by atoms with Gasteiger partial charge in [-0.15, -0.1) is 0 Å². The molecule has 2 aromatic rings. The summed E-state index contributed by atoms with van der Waals surface area (Å²) in [5.74, 6) is 0. The number of aromatic nitrogens is 1. The Labute approximate surface area is 116 Å². The van der Waals surface area contributed by atoms with Crippen molar-refractivity contribution < 1.29 is 4.92 Å². The van der Waals surface area contributed by atoms with E-state index in [9.17, 15) is 10.1 Å². The van der Waals surface area contributed by atoms with Gasteiger partial charge in [0.25, 0.3) is 5.69 Å². The molecule has 0 bridgehead atoms. The smallest absolute Gasteiger partial charge is 0.278 e. The molecule has 1 aromatic carbocycles. The van der Waals surface area contributed by atoms with Crippen molar-refractivity contribution >= 4 is 22.1 Å². The van der Waals surface area contributed by atoms with Crippen LogP contribution in [-0.4, -0.2) is 36.1 Å². The van der Waals surface area contributed by atoms with Gasteiger partial charge in [-0.25, -0.2) is 0 Å². The average Bonchev–Trinajstić information content (AvgIpc) is 2.75. The quantitative estimate of drug-likeness (QED) is 0.668. The molecule has 0 unspecified atom stereocenters. The second-order valence-electron chi connectivity index (χ2n) is 4.87. The zero-order chi connectivity index (χ0) is 13.9. The zero-order valence-corrected chi connectivity index (χ0v) is 11.1. The number of benzene rings is 1. The van der Waals surface area contributed by atoms with Gasteiger partial charge in [-0.2, -0.15) is 0 Å². The molecule has 104 valence electrons. The van der Waals surface area contributed by atoms with E-state index in [0.29, 0.717) is 5.39 Å². The van der Waals surface area contributed by atoms with Crippen molar-refractivity contribution in [3.05, 3.63) is 40.7 Å². The van der Waals surface area contributed by atoms with Crippen LogP contribution in [0.25, 0.3) is 10.8 Å². The Kier molecular flexibility index (Phi) is 3.47. The Morgan fingerprint density at radius 3 is 2.95 bits per heavy atom. The number of nitrogens with zero attached hydrogens (tertiary/aromatic N) is 3. The summed E-state index contributed by atoms with van der Waals surface area (Å²) >= 11 is 0. The zero-order valence-electron chi connectivity index (χ0n) is 11.1. The van der Waals surface area contributed by atoms with Crippen LogP contribution in [-0.2, 0) is 0 Å². The summed E-state index contributed by atoms with van der Waals surface area (Å²) < 4.78 is 0. The predicted molar refractivity (Wildman–Crippen MR) is 78.1 cm³/mol. The maximum Gasteiger partial charge on any atom is 0.278 e. The number of non-ortho nitro benzene ring substituents is 1. The molecule has 0 aliphatic carbocycles. The Bertz CT molecular complexity index is 636. The molecule has 3 rings (SSSR count). The van der Waals surface area contributed by atoms with Gasteiger partial charge < -0.3 is 10.2 Å². The second-order valence-corrected chi connectivity index (χ2v) is 4.87. The minimum Gasteiger partial charge on any atom is -0.370 e. The Morgan fingerprint density at radius 1 is 1.20 bits per heavy atom. The van der Waals surface area contributed by atoms with Crippen molar-refractivity contribution in [1.29, 1.82) is 0 Å².